The summed E-state index contributed by atoms with van der Waals surface area (Å²) in [5.41, 5.74) is 1.53. The zero-order valence-electron chi connectivity index (χ0n) is 12.2. The molecule has 0 atom stereocenters. The minimum atomic E-state index is -0.877. The van der Waals surface area contributed by atoms with Gasteiger partial charge in [-0.3, -0.25) is 9.63 Å². The molecule has 1 N–H and O–H groups in total. The number of benzene rings is 1. The Labute approximate surface area is 123 Å². The number of piperazine rings is 1. The summed E-state index contributed by atoms with van der Waals surface area (Å²) in [5, 5.41) is 10.1. The van der Waals surface area contributed by atoms with Crippen LogP contribution in [0, 0.1) is 0 Å². The number of hydrogen-bond acceptors (Lipinski definition) is 4. The molecule has 2 rings (SSSR count). The van der Waals surface area contributed by atoms with Gasteiger partial charge in [-0.25, -0.2) is 9.86 Å². The van der Waals surface area contributed by atoms with Crippen molar-refractivity contribution in [2.24, 2.45) is 0 Å². The van der Waals surface area contributed by atoms with Crippen LogP contribution < -0.4 is 4.90 Å². The van der Waals surface area contributed by atoms with Gasteiger partial charge in [0.15, 0.2) is 0 Å². The van der Waals surface area contributed by atoms with E-state index in [9.17, 15) is 9.59 Å². The molecule has 0 aliphatic carbocycles. The second-order valence-electron chi connectivity index (χ2n) is 4.79. The van der Waals surface area contributed by atoms with Gasteiger partial charge in [0, 0.05) is 44.5 Å². The van der Waals surface area contributed by atoms with Gasteiger partial charge in [0.1, 0.15) is 0 Å². The van der Waals surface area contributed by atoms with E-state index >= 15 is 0 Å². The minimum absolute atomic E-state index is 0.209. The summed E-state index contributed by atoms with van der Waals surface area (Å²) in [4.78, 5) is 31.1. The number of hydrogen-bond donors (Lipinski definition) is 1. The third kappa shape index (κ3) is 3.43. The lowest BCUT2D eigenvalue weighted by Crippen LogP contribution is -2.48. The second-order valence-corrected chi connectivity index (χ2v) is 4.79. The van der Waals surface area contributed by atoms with Gasteiger partial charge in [0.2, 0.25) is 0 Å². The Morgan fingerprint density at radius 2 is 1.71 bits per heavy atom. The molecule has 1 heterocycles. The lowest BCUT2D eigenvalue weighted by Gasteiger charge is -2.34. The predicted molar refractivity (Wildman–Crippen MR) is 77.4 cm³/mol. The second kappa shape index (κ2) is 6.45. The Kier molecular flexibility index (Phi) is 4.64. The zero-order valence-corrected chi connectivity index (χ0v) is 12.2. The lowest BCUT2D eigenvalue weighted by atomic mass is 10.1. The van der Waals surface area contributed by atoms with E-state index in [-0.39, 0.29) is 5.91 Å². The topological polar surface area (TPSA) is 73.3 Å². The first-order valence-corrected chi connectivity index (χ1v) is 6.68. The van der Waals surface area contributed by atoms with E-state index in [0.717, 1.165) is 5.69 Å². The van der Waals surface area contributed by atoms with Crippen molar-refractivity contribution in [1.29, 1.82) is 0 Å². The fourth-order valence-corrected chi connectivity index (χ4v) is 2.24. The van der Waals surface area contributed by atoms with Crippen LogP contribution in [0.2, 0.25) is 0 Å². The number of anilines is 1. The Morgan fingerprint density at radius 3 is 2.19 bits per heavy atom. The molecule has 7 heteroatoms. The highest BCUT2D eigenvalue weighted by atomic mass is 16.7. The summed E-state index contributed by atoms with van der Waals surface area (Å²) >= 11 is 0. The van der Waals surface area contributed by atoms with Crippen molar-refractivity contribution < 1.29 is 19.5 Å². The number of carbonyl (C=O) groups is 2. The van der Waals surface area contributed by atoms with E-state index in [2.05, 4.69) is 4.90 Å². The molecule has 0 bridgehead atoms. The van der Waals surface area contributed by atoms with Crippen molar-refractivity contribution in [3.05, 3.63) is 29.8 Å². The van der Waals surface area contributed by atoms with Gasteiger partial charge in [-0.05, 0) is 24.3 Å². The van der Waals surface area contributed by atoms with Crippen molar-refractivity contribution >= 4 is 17.7 Å². The first-order valence-electron chi connectivity index (χ1n) is 6.68. The molecule has 0 spiro atoms. The van der Waals surface area contributed by atoms with Crippen LogP contribution in [0.3, 0.4) is 0 Å². The SMILES string of the molecule is CON(C)C(=O)c1ccc(N2CCN(C(=O)O)CC2)cc1. The predicted octanol–water partition coefficient (Wildman–Crippen LogP) is 1.12. The smallest absolute Gasteiger partial charge is 0.407 e. The Bertz CT molecular complexity index is 509. The minimum Gasteiger partial charge on any atom is -0.465 e. The van der Waals surface area contributed by atoms with Gasteiger partial charge in [-0.2, -0.15) is 0 Å². The lowest BCUT2D eigenvalue weighted by molar-refractivity contribution is -0.0756. The van der Waals surface area contributed by atoms with Gasteiger partial charge in [-0.1, -0.05) is 0 Å². The van der Waals surface area contributed by atoms with E-state index in [4.69, 9.17) is 9.94 Å². The quantitative estimate of drug-likeness (QED) is 0.845. The van der Waals surface area contributed by atoms with E-state index in [1.165, 1.54) is 17.1 Å². The molecular formula is C14H19N3O4. The number of amides is 2. The zero-order chi connectivity index (χ0) is 15.4. The molecule has 1 aromatic rings. The van der Waals surface area contributed by atoms with Crippen LogP contribution in [0.25, 0.3) is 0 Å². The third-order valence-electron chi connectivity index (χ3n) is 3.59. The maximum absolute atomic E-state index is 11.9. The molecule has 2 amide bonds. The highest BCUT2D eigenvalue weighted by molar-refractivity contribution is 5.93. The first-order chi connectivity index (χ1) is 10.0. The molecule has 7 nitrogen and oxygen atoms in total. The molecule has 0 radical (unpaired) electrons. The molecule has 21 heavy (non-hydrogen) atoms. The summed E-state index contributed by atoms with van der Waals surface area (Å²) < 4.78 is 0. The Hall–Kier alpha value is -2.28. The van der Waals surface area contributed by atoms with Crippen molar-refractivity contribution in [1.82, 2.24) is 9.96 Å². The molecule has 0 aromatic heterocycles. The van der Waals surface area contributed by atoms with Gasteiger partial charge < -0.3 is 14.9 Å². The van der Waals surface area contributed by atoms with Crippen LogP contribution in [0.15, 0.2) is 24.3 Å². The molecule has 0 unspecified atom stereocenters. The van der Waals surface area contributed by atoms with Gasteiger partial charge in [0.05, 0.1) is 7.11 Å². The highest BCUT2D eigenvalue weighted by Gasteiger charge is 2.20. The molecule has 1 fully saturated rings. The largest absolute Gasteiger partial charge is 0.465 e. The molecule has 0 saturated carbocycles. The highest BCUT2D eigenvalue weighted by Crippen LogP contribution is 2.18. The maximum atomic E-state index is 11.9. The molecule has 1 aliphatic heterocycles. The standard InChI is InChI=1S/C14H19N3O4/c1-15(21-2)13(18)11-3-5-12(6-4-11)16-7-9-17(10-8-16)14(19)20/h3-6H,7-10H2,1-2H3,(H,19,20). The first kappa shape index (κ1) is 15.1. The molecule has 1 aliphatic rings. The fourth-order valence-electron chi connectivity index (χ4n) is 2.24. The van der Waals surface area contributed by atoms with Crippen LogP contribution in [-0.2, 0) is 4.84 Å². The fraction of sp³-hybridized carbons (Fsp3) is 0.429. The van der Waals surface area contributed by atoms with Crippen molar-refractivity contribution in [2.75, 3.05) is 45.2 Å². The normalized spacial score (nSPS) is 15.0. The number of hydroxylamine groups is 2. The number of nitrogens with zero attached hydrogens (tertiary/aromatic N) is 3. The van der Waals surface area contributed by atoms with E-state index in [1.807, 2.05) is 12.1 Å². The number of rotatable bonds is 3. The average molecular weight is 293 g/mol. The Balaban J connectivity index is 2.00. The van der Waals surface area contributed by atoms with E-state index < -0.39 is 6.09 Å². The number of carbonyl (C=O) groups excluding carboxylic acids is 1. The van der Waals surface area contributed by atoms with E-state index in [1.54, 1.807) is 19.2 Å². The summed E-state index contributed by atoms with van der Waals surface area (Å²) in [6.07, 6.45) is -0.877. The van der Waals surface area contributed by atoms with Crippen molar-refractivity contribution in [2.45, 2.75) is 0 Å². The average Bonchev–Trinajstić information content (AvgIpc) is 2.53. The molecule has 114 valence electrons. The molecule has 1 saturated heterocycles. The maximum Gasteiger partial charge on any atom is 0.407 e. The third-order valence-corrected chi connectivity index (χ3v) is 3.59. The van der Waals surface area contributed by atoms with Crippen LogP contribution >= 0.6 is 0 Å². The molecular weight excluding hydrogens is 274 g/mol. The van der Waals surface area contributed by atoms with Gasteiger partial charge >= 0.3 is 6.09 Å². The summed E-state index contributed by atoms with van der Waals surface area (Å²) in [5.74, 6) is -0.209. The number of carboxylic acid groups (broad SMARTS) is 1. The van der Waals surface area contributed by atoms with Gasteiger partial charge in [-0.15, -0.1) is 0 Å². The van der Waals surface area contributed by atoms with Crippen LogP contribution in [0.5, 0.6) is 0 Å². The van der Waals surface area contributed by atoms with E-state index in [0.29, 0.717) is 31.7 Å². The van der Waals surface area contributed by atoms with Crippen molar-refractivity contribution in [3.63, 3.8) is 0 Å². The van der Waals surface area contributed by atoms with Crippen LogP contribution in [-0.4, -0.2) is 67.4 Å². The monoisotopic (exact) mass is 293 g/mol. The molecule has 1 aromatic carbocycles. The van der Waals surface area contributed by atoms with Crippen molar-refractivity contribution in [3.8, 4) is 0 Å². The summed E-state index contributed by atoms with van der Waals surface area (Å²) in [7, 11) is 3.00. The summed E-state index contributed by atoms with van der Waals surface area (Å²) in [6, 6.07) is 7.23. The van der Waals surface area contributed by atoms with Crippen LogP contribution in [0.4, 0.5) is 10.5 Å². The Morgan fingerprint density at radius 1 is 1.14 bits per heavy atom. The summed E-state index contributed by atoms with van der Waals surface area (Å²) in [6.45, 7) is 2.28. The van der Waals surface area contributed by atoms with Gasteiger partial charge in [0.25, 0.3) is 5.91 Å². The van der Waals surface area contributed by atoms with Crippen LogP contribution in [0.1, 0.15) is 10.4 Å².